The Morgan fingerprint density at radius 3 is 2.23 bits per heavy atom. The molecule has 0 radical (unpaired) electrons. The topological polar surface area (TPSA) is 105 Å². The first-order valence-corrected chi connectivity index (χ1v) is 11.6. The third-order valence-corrected chi connectivity index (χ3v) is 6.43. The molecule has 176 valence electrons. The lowest BCUT2D eigenvalue weighted by Crippen LogP contribution is -2.44. The van der Waals surface area contributed by atoms with Crippen molar-refractivity contribution in [3.05, 3.63) is 87.9 Å². The fourth-order valence-electron chi connectivity index (χ4n) is 4.15. The van der Waals surface area contributed by atoms with Crippen molar-refractivity contribution in [3.63, 3.8) is 0 Å². The van der Waals surface area contributed by atoms with Crippen LogP contribution in [0.4, 0.5) is 10.5 Å². The summed E-state index contributed by atoms with van der Waals surface area (Å²) in [5.74, 6) is 0.353. The summed E-state index contributed by atoms with van der Waals surface area (Å²) in [6.45, 7) is 0.0810. The Hall–Kier alpha value is -4.09. The SMILES string of the molecule is C#CCC(NC(=O)OCC1c2ccccc2-c2ccccc21)C(=O)Nc1c(Br)cccc1C(=O)O. The molecular weight excluding hydrogens is 512 g/mol. The fourth-order valence-corrected chi connectivity index (χ4v) is 4.61. The minimum atomic E-state index is -1.21. The molecular formula is C27H21BrN2O5. The van der Waals surface area contributed by atoms with Crippen LogP contribution in [-0.4, -0.2) is 35.7 Å². The number of rotatable bonds is 7. The van der Waals surface area contributed by atoms with E-state index in [0.717, 1.165) is 22.3 Å². The van der Waals surface area contributed by atoms with E-state index in [2.05, 4.69) is 32.5 Å². The van der Waals surface area contributed by atoms with E-state index in [1.54, 1.807) is 6.07 Å². The smallest absolute Gasteiger partial charge is 0.407 e. The van der Waals surface area contributed by atoms with Crippen LogP contribution in [-0.2, 0) is 9.53 Å². The van der Waals surface area contributed by atoms with Crippen LogP contribution < -0.4 is 10.6 Å². The number of carboxylic acid groups (broad SMARTS) is 1. The van der Waals surface area contributed by atoms with Gasteiger partial charge in [0.15, 0.2) is 0 Å². The molecule has 35 heavy (non-hydrogen) atoms. The number of terminal acetylenes is 1. The summed E-state index contributed by atoms with van der Waals surface area (Å²) in [5.41, 5.74) is 4.30. The second-order valence-electron chi connectivity index (χ2n) is 7.89. The van der Waals surface area contributed by atoms with Crippen LogP contribution >= 0.6 is 15.9 Å². The van der Waals surface area contributed by atoms with Crippen molar-refractivity contribution in [1.82, 2.24) is 5.32 Å². The number of para-hydroxylation sites is 1. The van der Waals surface area contributed by atoms with E-state index >= 15 is 0 Å². The van der Waals surface area contributed by atoms with Gasteiger partial charge in [-0.1, -0.05) is 54.6 Å². The Morgan fingerprint density at radius 1 is 1.00 bits per heavy atom. The fraction of sp³-hybridized carbons (Fsp3) is 0.148. The van der Waals surface area contributed by atoms with E-state index in [4.69, 9.17) is 11.2 Å². The molecule has 3 aromatic carbocycles. The van der Waals surface area contributed by atoms with Crippen LogP contribution in [0.5, 0.6) is 0 Å². The van der Waals surface area contributed by atoms with E-state index < -0.39 is 24.0 Å². The molecule has 0 aromatic heterocycles. The zero-order valence-electron chi connectivity index (χ0n) is 18.5. The summed E-state index contributed by atoms with van der Waals surface area (Å²) in [7, 11) is 0. The normalized spacial score (nSPS) is 12.6. The molecule has 1 aliphatic carbocycles. The van der Waals surface area contributed by atoms with Crippen LogP contribution in [0.2, 0.25) is 0 Å². The van der Waals surface area contributed by atoms with Crippen LogP contribution in [0.1, 0.15) is 33.8 Å². The minimum Gasteiger partial charge on any atom is -0.478 e. The third kappa shape index (κ3) is 5.05. The van der Waals surface area contributed by atoms with Crippen molar-refractivity contribution >= 4 is 39.6 Å². The lowest BCUT2D eigenvalue weighted by molar-refractivity contribution is -0.118. The molecule has 0 saturated carbocycles. The third-order valence-electron chi connectivity index (χ3n) is 5.77. The van der Waals surface area contributed by atoms with Gasteiger partial charge >= 0.3 is 12.1 Å². The lowest BCUT2D eigenvalue weighted by atomic mass is 9.98. The number of ether oxygens (including phenoxy) is 1. The van der Waals surface area contributed by atoms with Gasteiger partial charge in [0.25, 0.3) is 0 Å². The van der Waals surface area contributed by atoms with E-state index in [1.807, 2.05) is 48.5 Å². The number of benzene rings is 3. The number of carbonyl (C=O) groups is 3. The highest BCUT2D eigenvalue weighted by molar-refractivity contribution is 9.10. The van der Waals surface area contributed by atoms with Gasteiger partial charge in [-0.05, 0) is 50.3 Å². The maximum atomic E-state index is 12.9. The van der Waals surface area contributed by atoms with Crippen LogP contribution in [0.15, 0.2) is 71.2 Å². The highest BCUT2D eigenvalue weighted by Gasteiger charge is 2.30. The molecule has 1 aliphatic rings. The number of amides is 2. The van der Waals surface area contributed by atoms with Gasteiger partial charge in [-0.25, -0.2) is 9.59 Å². The van der Waals surface area contributed by atoms with Crippen molar-refractivity contribution in [2.45, 2.75) is 18.4 Å². The number of hydrogen-bond acceptors (Lipinski definition) is 4. The zero-order valence-corrected chi connectivity index (χ0v) is 20.0. The summed E-state index contributed by atoms with van der Waals surface area (Å²) in [5, 5.41) is 14.5. The Kier molecular flexibility index (Phi) is 7.18. The quantitative estimate of drug-likeness (QED) is 0.370. The van der Waals surface area contributed by atoms with E-state index in [1.165, 1.54) is 12.1 Å². The molecule has 0 spiro atoms. The molecule has 0 aliphatic heterocycles. The minimum absolute atomic E-state index is 0.0707. The van der Waals surface area contributed by atoms with Gasteiger partial charge in [0.2, 0.25) is 5.91 Å². The van der Waals surface area contributed by atoms with Crippen molar-refractivity contribution in [2.24, 2.45) is 0 Å². The number of halogens is 1. The molecule has 0 heterocycles. The van der Waals surface area contributed by atoms with E-state index in [0.29, 0.717) is 4.47 Å². The van der Waals surface area contributed by atoms with Gasteiger partial charge in [0, 0.05) is 16.8 Å². The van der Waals surface area contributed by atoms with E-state index in [9.17, 15) is 19.5 Å². The molecule has 0 bridgehead atoms. The number of carbonyl (C=O) groups excluding carboxylic acids is 2. The number of aromatic carboxylic acids is 1. The van der Waals surface area contributed by atoms with Crippen molar-refractivity contribution in [1.29, 1.82) is 0 Å². The summed E-state index contributed by atoms with van der Waals surface area (Å²) in [4.78, 5) is 37.0. The highest BCUT2D eigenvalue weighted by atomic mass is 79.9. The summed E-state index contributed by atoms with van der Waals surface area (Å²) >= 11 is 3.24. The number of fused-ring (bicyclic) bond motifs is 3. The molecule has 7 nitrogen and oxygen atoms in total. The molecule has 3 aromatic rings. The average molecular weight is 533 g/mol. The highest BCUT2D eigenvalue weighted by Crippen LogP contribution is 2.44. The summed E-state index contributed by atoms with van der Waals surface area (Å²) in [6.07, 6.45) is 4.49. The Morgan fingerprint density at radius 2 is 1.63 bits per heavy atom. The van der Waals surface area contributed by atoms with Gasteiger partial charge in [-0.15, -0.1) is 12.3 Å². The Balaban J connectivity index is 1.45. The molecule has 8 heteroatoms. The predicted molar refractivity (Wildman–Crippen MR) is 135 cm³/mol. The molecule has 1 atom stereocenters. The maximum absolute atomic E-state index is 12.9. The first-order chi connectivity index (χ1) is 16.9. The molecule has 0 saturated heterocycles. The number of carboxylic acids is 1. The second-order valence-corrected chi connectivity index (χ2v) is 8.74. The summed E-state index contributed by atoms with van der Waals surface area (Å²) < 4.78 is 5.88. The second kappa shape index (κ2) is 10.5. The first-order valence-electron chi connectivity index (χ1n) is 10.8. The van der Waals surface area contributed by atoms with Crippen LogP contribution in [0.3, 0.4) is 0 Å². The lowest BCUT2D eigenvalue weighted by Gasteiger charge is -2.19. The van der Waals surface area contributed by atoms with Gasteiger partial charge in [-0.2, -0.15) is 0 Å². The first kappa shape index (κ1) is 24.0. The molecule has 0 fully saturated rings. The average Bonchev–Trinajstić information content (AvgIpc) is 3.17. The van der Waals surface area contributed by atoms with Crippen molar-refractivity contribution < 1.29 is 24.2 Å². The van der Waals surface area contributed by atoms with Gasteiger partial charge in [0.05, 0.1) is 11.3 Å². The number of hydrogen-bond donors (Lipinski definition) is 3. The predicted octanol–water partition coefficient (Wildman–Crippen LogP) is 5.02. The van der Waals surface area contributed by atoms with Crippen LogP contribution in [0, 0.1) is 12.3 Å². The molecule has 3 N–H and O–H groups in total. The van der Waals surface area contributed by atoms with Gasteiger partial charge in [0.1, 0.15) is 12.6 Å². The number of anilines is 1. The van der Waals surface area contributed by atoms with Gasteiger partial charge < -0.3 is 20.5 Å². The Bertz CT molecular complexity index is 1300. The van der Waals surface area contributed by atoms with E-state index in [-0.39, 0.29) is 30.2 Å². The van der Waals surface area contributed by atoms with Crippen molar-refractivity contribution in [3.8, 4) is 23.5 Å². The monoisotopic (exact) mass is 532 g/mol. The maximum Gasteiger partial charge on any atom is 0.407 e. The molecule has 2 amide bonds. The molecule has 4 rings (SSSR count). The van der Waals surface area contributed by atoms with Crippen LogP contribution in [0.25, 0.3) is 11.1 Å². The summed E-state index contributed by atoms with van der Waals surface area (Å²) in [6, 6.07) is 19.3. The number of nitrogens with one attached hydrogen (secondary N) is 2. The van der Waals surface area contributed by atoms with Crippen molar-refractivity contribution in [2.75, 3.05) is 11.9 Å². The largest absolute Gasteiger partial charge is 0.478 e. The standard InChI is InChI=1S/C27H21BrN2O5/c1-2-8-23(25(31)30-24-20(26(32)33)13-7-14-22(24)28)29-27(34)35-15-21-18-11-5-3-9-16(18)17-10-4-6-12-19(17)21/h1,3-7,9-14,21,23H,8,15H2,(H,29,34)(H,30,31)(H,32,33). The molecule has 1 unspecified atom stereocenters. The zero-order chi connectivity index (χ0) is 24.9. The Labute approximate surface area is 210 Å². The number of alkyl carbamates (subject to hydrolysis) is 1. The van der Waals surface area contributed by atoms with Gasteiger partial charge in [-0.3, -0.25) is 4.79 Å².